The van der Waals surface area contributed by atoms with E-state index in [1.54, 1.807) is 0 Å². The summed E-state index contributed by atoms with van der Waals surface area (Å²) < 4.78 is 60.5. The Bertz CT molecular complexity index is 667. The van der Waals surface area contributed by atoms with Gasteiger partial charge in [0.15, 0.2) is 0 Å². The van der Waals surface area contributed by atoms with Gasteiger partial charge in [-0.25, -0.2) is 4.39 Å². The number of benzene rings is 1. The predicted molar refractivity (Wildman–Crippen MR) is 75.2 cm³/mol. The van der Waals surface area contributed by atoms with Crippen LogP contribution in [-0.4, -0.2) is 18.2 Å². The van der Waals surface area contributed by atoms with E-state index < -0.39 is 35.2 Å². The zero-order valence-corrected chi connectivity index (χ0v) is 12.3. The molecule has 1 aromatic rings. The van der Waals surface area contributed by atoms with Gasteiger partial charge in [0.25, 0.3) is 5.91 Å². The highest BCUT2D eigenvalue weighted by Gasteiger charge is 2.59. The largest absolute Gasteiger partial charge is 0.425 e. The van der Waals surface area contributed by atoms with Gasteiger partial charge in [0, 0.05) is 11.3 Å². The molecule has 0 radical (unpaired) electrons. The van der Waals surface area contributed by atoms with Gasteiger partial charge in [-0.2, -0.15) is 13.2 Å². The number of carbonyl (C=O) groups excluding carboxylic acids is 1. The molecular formula is C16H15F4NO2. The maximum Gasteiger partial charge on any atom is 0.425 e. The van der Waals surface area contributed by atoms with Gasteiger partial charge < -0.3 is 10.1 Å². The summed E-state index contributed by atoms with van der Waals surface area (Å²) in [6.45, 7) is 1.24. The maximum absolute atomic E-state index is 13.9. The molecule has 2 aliphatic rings. The lowest BCUT2D eigenvalue weighted by Gasteiger charge is -2.34. The highest BCUT2D eigenvalue weighted by Crippen LogP contribution is 2.49. The number of ether oxygens (including phenoxy) is 1. The highest BCUT2D eigenvalue weighted by atomic mass is 19.4. The maximum atomic E-state index is 13.9. The summed E-state index contributed by atoms with van der Waals surface area (Å²) in [5, 5.41) is 2.36. The first kappa shape index (κ1) is 16.0. The molecule has 0 bridgehead atoms. The Hall–Kier alpha value is -1.89. The van der Waals surface area contributed by atoms with E-state index in [1.165, 1.54) is 13.0 Å². The van der Waals surface area contributed by atoms with E-state index >= 15 is 0 Å². The van der Waals surface area contributed by atoms with Crippen LogP contribution in [0.15, 0.2) is 30.4 Å². The van der Waals surface area contributed by atoms with Crippen molar-refractivity contribution in [3.63, 3.8) is 0 Å². The van der Waals surface area contributed by atoms with E-state index in [4.69, 9.17) is 4.74 Å². The van der Waals surface area contributed by atoms with E-state index in [0.29, 0.717) is 0 Å². The smallest absolute Gasteiger partial charge is 0.344 e. The molecule has 1 heterocycles. The van der Waals surface area contributed by atoms with Crippen molar-refractivity contribution >= 4 is 11.6 Å². The number of hydrogen-bond acceptors (Lipinski definition) is 2. The molecule has 7 heteroatoms. The number of fused-ring (bicyclic) bond motifs is 1. The Kier molecular flexibility index (Phi) is 3.71. The number of carbonyl (C=O) groups is 1. The van der Waals surface area contributed by atoms with Gasteiger partial charge >= 0.3 is 6.18 Å². The molecule has 0 unspecified atom stereocenters. The van der Waals surface area contributed by atoms with Crippen LogP contribution in [0.3, 0.4) is 0 Å². The van der Waals surface area contributed by atoms with Crippen molar-refractivity contribution in [2.75, 3.05) is 5.32 Å². The van der Waals surface area contributed by atoms with Crippen LogP contribution >= 0.6 is 0 Å². The molecule has 1 aliphatic carbocycles. The molecule has 3 rings (SSSR count). The van der Waals surface area contributed by atoms with Crippen molar-refractivity contribution in [3.05, 3.63) is 41.7 Å². The van der Waals surface area contributed by atoms with Gasteiger partial charge in [-0.05, 0) is 50.0 Å². The first-order valence-corrected chi connectivity index (χ1v) is 7.28. The summed E-state index contributed by atoms with van der Waals surface area (Å²) in [6, 6.07) is 2.88. The van der Waals surface area contributed by atoms with Gasteiger partial charge in [-0.3, -0.25) is 4.79 Å². The molecule has 0 aromatic heterocycles. The Labute approximate surface area is 130 Å². The van der Waals surface area contributed by atoms with E-state index in [0.717, 1.165) is 37.1 Å². The standard InChI is InChI=1S/C16H15F4NO2/c1-9-14(22)21-13-5-4-11(17)8-12(13)15(23-9,16(18,19)20)7-6-10-2-3-10/h4-10H,2-3H2,1H3,(H,21,22)/b7-6+/t9-,15-/m1/s1. The second kappa shape index (κ2) is 5.33. The summed E-state index contributed by atoms with van der Waals surface area (Å²) in [5.41, 5.74) is -3.40. The van der Waals surface area contributed by atoms with Gasteiger partial charge in [0.05, 0.1) is 0 Å². The average Bonchev–Trinajstić information content (AvgIpc) is 3.27. The lowest BCUT2D eigenvalue weighted by atomic mass is 9.90. The third-order valence-electron chi connectivity index (χ3n) is 4.02. The molecule has 1 amide bonds. The van der Waals surface area contributed by atoms with E-state index in [-0.39, 0.29) is 11.6 Å². The van der Waals surface area contributed by atoms with Crippen molar-refractivity contribution < 1.29 is 27.1 Å². The third kappa shape index (κ3) is 2.85. The van der Waals surface area contributed by atoms with Crippen LogP contribution in [0, 0.1) is 11.7 Å². The molecule has 1 N–H and O–H groups in total. The summed E-state index contributed by atoms with van der Waals surface area (Å²) in [4.78, 5) is 11.9. The minimum absolute atomic E-state index is 0.0667. The molecule has 0 spiro atoms. The lowest BCUT2D eigenvalue weighted by Crippen LogP contribution is -2.45. The molecule has 1 aliphatic heterocycles. The fraction of sp³-hybridized carbons (Fsp3) is 0.438. The Morgan fingerprint density at radius 3 is 2.65 bits per heavy atom. The van der Waals surface area contributed by atoms with Crippen LogP contribution in [0.2, 0.25) is 0 Å². The van der Waals surface area contributed by atoms with Crippen molar-refractivity contribution in [2.45, 2.75) is 37.6 Å². The third-order valence-corrected chi connectivity index (χ3v) is 4.02. The summed E-state index contributed by atoms with van der Waals surface area (Å²) in [6.07, 6.45) is -2.21. The molecule has 2 atom stereocenters. The van der Waals surface area contributed by atoms with Crippen molar-refractivity contribution in [2.24, 2.45) is 5.92 Å². The fourth-order valence-corrected chi connectivity index (χ4v) is 2.57. The van der Waals surface area contributed by atoms with Crippen molar-refractivity contribution in [1.29, 1.82) is 0 Å². The monoisotopic (exact) mass is 329 g/mol. The zero-order valence-electron chi connectivity index (χ0n) is 12.3. The number of allylic oxidation sites excluding steroid dienone is 1. The van der Waals surface area contributed by atoms with Crippen molar-refractivity contribution in [1.82, 2.24) is 0 Å². The van der Waals surface area contributed by atoms with Crippen molar-refractivity contribution in [3.8, 4) is 0 Å². The minimum atomic E-state index is -4.85. The van der Waals surface area contributed by atoms with Crippen LogP contribution in [0.25, 0.3) is 0 Å². The van der Waals surface area contributed by atoms with Gasteiger partial charge in [-0.1, -0.05) is 6.08 Å². The van der Waals surface area contributed by atoms with Crippen LogP contribution in [0.5, 0.6) is 0 Å². The SMILES string of the molecule is C[C@H]1O[C@@](/C=C/C2CC2)(C(F)(F)F)c2cc(F)ccc2NC1=O. The van der Waals surface area contributed by atoms with Crippen LogP contribution in [0.1, 0.15) is 25.3 Å². The predicted octanol–water partition coefficient (Wildman–Crippen LogP) is 3.91. The normalized spacial score (nSPS) is 28.4. The topological polar surface area (TPSA) is 38.3 Å². The number of hydrogen-bond donors (Lipinski definition) is 1. The lowest BCUT2D eigenvalue weighted by molar-refractivity contribution is -0.271. The molecule has 23 heavy (non-hydrogen) atoms. The molecule has 124 valence electrons. The summed E-state index contributed by atoms with van der Waals surface area (Å²) >= 11 is 0. The second-order valence-corrected chi connectivity index (χ2v) is 5.87. The molecule has 1 fully saturated rings. The Morgan fingerprint density at radius 1 is 1.35 bits per heavy atom. The number of nitrogens with one attached hydrogen (secondary N) is 1. The molecule has 3 nitrogen and oxygen atoms in total. The molecule has 1 saturated carbocycles. The molecule has 1 aromatic carbocycles. The number of alkyl halides is 3. The number of rotatable bonds is 2. The minimum Gasteiger partial charge on any atom is -0.344 e. The number of amides is 1. The highest BCUT2D eigenvalue weighted by molar-refractivity contribution is 5.95. The second-order valence-electron chi connectivity index (χ2n) is 5.87. The number of anilines is 1. The summed E-state index contributed by atoms with van der Waals surface area (Å²) in [5.74, 6) is -1.47. The first-order chi connectivity index (χ1) is 10.7. The van der Waals surface area contributed by atoms with Crippen LogP contribution in [0.4, 0.5) is 23.2 Å². The van der Waals surface area contributed by atoms with E-state index in [1.807, 2.05) is 0 Å². The average molecular weight is 329 g/mol. The Balaban J connectivity index is 2.22. The van der Waals surface area contributed by atoms with Crippen LogP contribution < -0.4 is 5.32 Å². The number of halogens is 4. The quantitative estimate of drug-likeness (QED) is 0.660. The fourth-order valence-electron chi connectivity index (χ4n) is 2.57. The zero-order chi connectivity index (χ0) is 16.8. The van der Waals surface area contributed by atoms with Gasteiger partial charge in [0.2, 0.25) is 5.60 Å². The van der Waals surface area contributed by atoms with Crippen LogP contribution in [-0.2, 0) is 15.1 Å². The summed E-state index contributed by atoms with van der Waals surface area (Å²) in [7, 11) is 0. The Morgan fingerprint density at radius 2 is 2.04 bits per heavy atom. The van der Waals surface area contributed by atoms with Gasteiger partial charge in [0.1, 0.15) is 11.9 Å². The first-order valence-electron chi connectivity index (χ1n) is 7.28. The van der Waals surface area contributed by atoms with Gasteiger partial charge in [-0.15, -0.1) is 0 Å². The molecule has 0 saturated heterocycles. The molecular weight excluding hydrogens is 314 g/mol. The van der Waals surface area contributed by atoms with E-state index in [2.05, 4.69) is 5.32 Å². The van der Waals surface area contributed by atoms with E-state index in [9.17, 15) is 22.4 Å².